The predicted molar refractivity (Wildman–Crippen MR) is 122 cm³/mol. The maximum absolute atomic E-state index is 5.52. The van der Waals surface area contributed by atoms with Crippen LogP contribution in [0.3, 0.4) is 0 Å². The van der Waals surface area contributed by atoms with E-state index in [4.69, 9.17) is 4.74 Å². The molecule has 0 N–H and O–H groups in total. The van der Waals surface area contributed by atoms with E-state index in [0.29, 0.717) is 13.2 Å². The zero-order chi connectivity index (χ0) is 21.0. The maximum Gasteiger partial charge on any atom is 0.232 e. The van der Waals surface area contributed by atoms with Crippen LogP contribution in [0.25, 0.3) is 11.4 Å². The molecule has 0 bridgehead atoms. The maximum atomic E-state index is 5.52. The molecule has 0 saturated carbocycles. The van der Waals surface area contributed by atoms with Gasteiger partial charge in [0.2, 0.25) is 5.95 Å². The van der Waals surface area contributed by atoms with Crippen LogP contribution < -0.4 is 4.90 Å². The van der Waals surface area contributed by atoms with Gasteiger partial charge in [-0.3, -0.25) is 4.57 Å². The van der Waals surface area contributed by atoms with Crippen molar-refractivity contribution in [2.24, 2.45) is 0 Å². The zero-order valence-electron chi connectivity index (χ0n) is 17.4. The molecule has 0 spiro atoms. The van der Waals surface area contributed by atoms with Crippen LogP contribution in [-0.2, 0) is 10.5 Å². The topological polar surface area (TPSA) is 61.0 Å². The number of anilines is 1. The number of morpholine rings is 1. The Bertz CT molecular complexity index is 1130. The third kappa shape index (κ3) is 4.35. The molecule has 158 valence electrons. The Balaban J connectivity index is 1.40. The Hall–Kier alpha value is -3.10. The van der Waals surface area contributed by atoms with Gasteiger partial charge in [-0.05, 0) is 48.4 Å². The minimum atomic E-state index is 0.714. The number of nitrogens with zero attached hydrogens (tertiary/aromatic N) is 6. The highest BCUT2D eigenvalue weighted by molar-refractivity contribution is 7.98. The largest absolute Gasteiger partial charge is 0.378 e. The normalized spacial score (nSPS) is 14.2. The van der Waals surface area contributed by atoms with Crippen molar-refractivity contribution in [3.05, 3.63) is 78.1 Å². The lowest BCUT2D eigenvalue weighted by atomic mass is 10.2. The van der Waals surface area contributed by atoms with Crippen LogP contribution in [0.1, 0.15) is 11.1 Å². The molecule has 0 atom stereocenters. The molecule has 5 rings (SSSR count). The SMILES string of the molecule is Cc1cccc(-n2c(SCc3ccc(-n4cccn4)cc3)nnc2N2CCOCC2)c1. The standard InChI is InChI=1S/C23H24N6OS/c1-18-4-2-5-21(16-18)29-22(27-12-14-30-15-13-27)25-26-23(29)31-17-19-6-8-20(9-7-19)28-11-3-10-24-28/h2-11,16H,12-15,17H2,1H3. The van der Waals surface area contributed by atoms with Crippen LogP contribution in [0.2, 0.25) is 0 Å². The molecule has 0 aliphatic carbocycles. The van der Waals surface area contributed by atoms with Crippen LogP contribution in [0.4, 0.5) is 5.95 Å². The van der Waals surface area contributed by atoms with E-state index in [-0.39, 0.29) is 0 Å². The van der Waals surface area contributed by atoms with Gasteiger partial charge >= 0.3 is 0 Å². The van der Waals surface area contributed by atoms with Gasteiger partial charge < -0.3 is 9.64 Å². The number of benzene rings is 2. The van der Waals surface area contributed by atoms with Crippen LogP contribution in [0.5, 0.6) is 0 Å². The van der Waals surface area contributed by atoms with E-state index in [9.17, 15) is 0 Å². The summed E-state index contributed by atoms with van der Waals surface area (Å²) in [4.78, 5) is 2.25. The highest BCUT2D eigenvalue weighted by Crippen LogP contribution is 2.29. The van der Waals surface area contributed by atoms with E-state index in [2.05, 4.69) is 80.2 Å². The third-order valence-electron chi connectivity index (χ3n) is 5.24. The second-order valence-corrected chi connectivity index (χ2v) is 8.40. The Labute approximate surface area is 185 Å². The molecule has 0 unspecified atom stereocenters. The van der Waals surface area contributed by atoms with Gasteiger partial charge in [0.25, 0.3) is 0 Å². The fraction of sp³-hybridized carbons (Fsp3) is 0.261. The van der Waals surface area contributed by atoms with Crippen molar-refractivity contribution >= 4 is 17.7 Å². The lowest BCUT2D eigenvalue weighted by molar-refractivity contribution is 0.122. The summed E-state index contributed by atoms with van der Waals surface area (Å²) >= 11 is 1.70. The summed E-state index contributed by atoms with van der Waals surface area (Å²) in [5.74, 6) is 1.69. The highest BCUT2D eigenvalue weighted by Gasteiger charge is 2.22. The van der Waals surface area contributed by atoms with Crippen molar-refractivity contribution in [2.75, 3.05) is 31.2 Å². The van der Waals surface area contributed by atoms with Crippen molar-refractivity contribution in [1.82, 2.24) is 24.5 Å². The molecule has 1 aliphatic rings. The molecule has 7 nitrogen and oxygen atoms in total. The quantitative estimate of drug-likeness (QED) is 0.431. The summed E-state index contributed by atoms with van der Waals surface area (Å²) < 4.78 is 9.55. The molecule has 2 aromatic heterocycles. The van der Waals surface area contributed by atoms with Crippen molar-refractivity contribution in [3.63, 3.8) is 0 Å². The average molecular weight is 433 g/mol. The summed E-state index contributed by atoms with van der Waals surface area (Å²) in [5.41, 5.74) is 4.58. The van der Waals surface area contributed by atoms with Crippen LogP contribution in [-0.4, -0.2) is 50.8 Å². The number of hydrogen-bond acceptors (Lipinski definition) is 6. The van der Waals surface area contributed by atoms with E-state index in [1.54, 1.807) is 18.0 Å². The number of thioether (sulfide) groups is 1. The van der Waals surface area contributed by atoms with Crippen molar-refractivity contribution in [3.8, 4) is 11.4 Å². The Morgan fingerprint density at radius 2 is 1.81 bits per heavy atom. The first-order chi connectivity index (χ1) is 15.3. The summed E-state index contributed by atoms with van der Waals surface area (Å²) in [5, 5.41) is 14.3. The second-order valence-electron chi connectivity index (χ2n) is 7.46. The average Bonchev–Trinajstić information content (AvgIpc) is 3.49. The lowest BCUT2D eigenvalue weighted by Gasteiger charge is -2.28. The minimum absolute atomic E-state index is 0.714. The molecule has 1 saturated heterocycles. The van der Waals surface area contributed by atoms with Crippen LogP contribution in [0, 0.1) is 6.92 Å². The fourth-order valence-electron chi connectivity index (χ4n) is 3.63. The van der Waals surface area contributed by atoms with Gasteiger partial charge in [-0.15, -0.1) is 10.2 Å². The second kappa shape index (κ2) is 8.95. The van der Waals surface area contributed by atoms with E-state index < -0.39 is 0 Å². The molecule has 0 amide bonds. The first-order valence-electron chi connectivity index (χ1n) is 10.3. The molecular weight excluding hydrogens is 408 g/mol. The summed E-state index contributed by atoms with van der Waals surface area (Å²) in [6.07, 6.45) is 3.73. The van der Waals surface area contributed by atoms with Crippen molar-refractivity contribution in [1.29, 1.82) is 0 Å². The number of rotatable bonds is 6. The minimum Gasteiger partial charge on any atom is -0.378 e. The Morgan fingerprint density at radius 1 is 0.968 bits per heavy atom. The van der Waals surface area contributed by atoms with E-state index in [1.807, 2.05) is 16.9 Å². The van der Waals surface area contributed by atoms with Crippen molar-refractivity contribution in [2.45, 2.75) is 17.8 Å². The third-order valence-corrected chi connectivity index (χ3v) is 6.24. The molecule has 4 aromatic rings. The fourth-order valence-corrected chi connectivity index (χ4v) is 4.53. The summed E-state index contributed by atoms with van der Waals surface area (Å²) in [7, 11) is 0. The highest BCUT2D eigenvalue weighted by atomic mass is 32.2. The molecule has 1 aliphatic heterocycles. The molecule has 2 aromatic carbocycles. The van der Waals surface area contributed by atoms with Crippen LogP contribution >= 0.6 is 11.8 Å². The molecule has 0 radical (unpaired) electrons. The first-order valence-corrected chi connectivity index (χ1v) is 11.3. The monoisotopic (exact) mass is 432 g/mol. The first kappa shape index (κ1) is 19.8. The molecule has 3 heterocycles. The summed E-state index contributed by atoms with van der Waals surface area (Å²) in [6, 6.07) is 18.9. The van der Waals surface area contributed by atoms with Gasteiger partial charge in [0, 0.05) is 31.2 Å². The van der Waals surface area contributed by atoms with Crippen molar-refractivity contribution < 1.29 is 4.74 Å². The van der Waals surface area contributed by atoms with Gasteiger partial charge in [-0.1, -0.05) is 36.0 Å². The van der Waals surface area contributed by atoms with E-state index in [1.165, 1.54) is 11.1 Å². The molecule has 31 heavy (non-hydrogen) atoms. The van der Waals surface area contributed by atoms with Gasteiger partial charge in [-0.2, -0.15) is 5.10 Å². The number of aryl methyl sites for hydroxylation is 1. The van der Waals surface area contributed by atoms with Gasteiger partial charge in [0.15, 0.2) is 5.16 Å². The lowest BCUT2D eigenvalue weighted by Crippen LogP contribution is -2.37. The zero-order valence-corrected chi connectivity index (χ0v) is 18.2. The molecule has 8 heteroatoms. The Morgan fingerprint density at radius 3 is 2.55 bits per heavy atom. The van der Waals surface area contributed by atoms with Crippen LogP contribution in [0.15, 0.2) is 72.1 Å². The molecule has 1 fully saturated rings. The van der Waals surface area contributed by atoms with E-state index in [0.717, 1.165) is 41.3 Å². The molecular formula is C23H24N6OS. The van der Waals surface area contributed by atoms with Gasteiger partial charge in [0.1, 0.15) is 0 Å². The smallest absolute Gasteiger partial charge is 0.232 e. The predicted octanol–water partition coefficient (Wildman–Crippen LogP) is 3.89. The van der Waals surface area contributed by atoms with E-state index >= 15 is 0 Å². The Kier molecular flexibility index (Phi) is 5.73. The number of aromatic nitrogens is 5. The van der Waals surface area contributed by atoms with Gasteiger partial charge in [-0.25, -0.2) is 4.68 Å². The number of ether oxygens (including phenoxy) is 1. The number of hydrogen-bond donors (Lipinski definition) is 0. The van der Waals surface area contributed by atoms with Gasteiger partial charge in [0.05, 0.1) is 24.6 Å². The summed E-state index contributed by atoms with van der Waals surface area (Å²) in [6.45, 7) is 5.18.